The van der Waals surface area contributed by atoms with Crippen molar-refractivity contribution < 1.29 is 0 Å². The van der Waals surface area contributed by atoms with E-state index in [2.05, 4.69) is 37.8 Å². The van der Waals surface area contributed by atoms with E-state index in [0.29, 0.717) is 0 Å². The average molecular weight is 277 g/mol. The standard InChI is InChI=1S/C19H35N/c1-4-18(2)13-11-14-19(3)12-7-10-17-20-15-8-5-6-9-16-20/h4,14H,5-13,15-17H2,1-3H3/b18-4+,19-14-. The molecule has 1 aliphatic rings. The van der Waals surface area contributed by atoms with E-state index in [0.717, 1.165) is 0 Å². The number of likely N-dealkylation sites (tertiary alicyclic amines) is 1. The molecule has 0 aromatic rings. The van der Waals surface area contributed by atoms with Crippen LogP contribution in [-0.4, -0.2) is 24.5 Å². The fourth-order valence-corrected chi connectivity index (χ4v) is 2.89. The zero-order chi connectivity index (χ0) is 14.6. The first kappa shape index (κ1) is 17.5. The summed E-state index contributed by atoms with van der Waals surface area (Å²) in [5.74, 6) is 0. The normalized spacial score (nSPS) is 19.1. The van der Waals surface area contributed by atoms with Gasteiger partial charge in [-0.25, -0.2) is 0 Å². The Hall–Kier alpha value is -0.560. The monoisotopic (exact) mass is 277 g/mol. The van der Waals surface area contributed by atoms with Crippen molar-refractivity contribution in [2.75, 3.05) is 19.6 Å². The molecule has 1 saturated heterocycles. The van der Waals surface area contributed by atoms with E-state index in [-0.39, 0.29) is 0 Å². The number of allylic oxidation sites excluding steroid dienone is 4. The van der Waals surface area contributed by atoms with Gasteiger partial charge in [0.2, 0.25) is 0 Å². The zero-order valence-electron chi connectivity index (χ0n) is 14.1. The second kappa shape index (κ2) is 11.1. The van der Waals surface area contributed by atoms with Crippen LogP contribution in [0.25, 0.3) is 0 Å². The molecule has 0 spiro atoms. The molecule has 1 nitrogen and oxygen atoms in total. The summed E-state index contributed by atoms with van der Waals surface area (Å²) in [5.41, 5.74) is 3.10. The Kier molecular flexibility index (Phi) is 9.74. The van der Waals surface area contributed by atoms with Crippen molar-refractivity contribution in [1.82, 2.24) is 4.90 Å². The average Bonchev–Trinajstić information content (AvgIpc) is 2.72. The Morgan fingerprint density at radius 1 is 0.900 bits per heavy atom. The summed E-state index contributed by atoms with van der Waals surface area (Å²) in [5, 5.41) is 0. The van der Waals surface area contributed by atoms with Crippen molar-refractivity contribution >= 4 is 0 Å². The first-order valence-corrected chi connectivity index (χ1v) is 8.72. The van der Waals surface area contributed by atoms with Gasteiger partial charge in [-0.2, -0.15) is 0 Å². The van der Waals surface area contributed by atoms with Crippen LogP contribution < -0.4 is 0 Å². The van der Waals surface area contributed by atoms with E-state index < -0.39 is 0 Å². The molecule has 0 aromatic heterocycles. The molecule has 116 valence electrons. The molecule has 0 N–H and O–H groups in total. The fraction of sp³-hybridized carbons (Fsp3) is 0.789. The Morgan fingerprint density at radius 2 is 1.60 bits per heavy atom. The van der Waals surface area contributed by atoms with Crippen LogP contribution in [0.1, 0.15) is 78.6 Å². The predicted octanol–water partition coefficient (Wildman–Crippen LogP) is 5.73. The van der Waals surface area contributed by atoms with Crippen molar-refractivity contribution in [2.45, 2.75) is 78.6 Å². The SMILES string of the molecule is C/C=C(\C)CC/C=C(/C)CCCCN1CCCCCC1. The van der Waals surface area contributed by atoms with Crippen LogP contribution in [-0.2, 0) is 0 Å². The molecule has 0 radical (unpaired) electrons. The van der Waals surface area contributed by atoms with Gasteiger partial charge < -0.3 is 4.90 Å². The smallest absolute Gasteiger partial charge is 0.00186 e. The Bertz CT molecular complexity index is 293. The second-order valence-electron chi connectivity index (χ2n) is 6.44. The maximum atomic E-state index is 2.68. The first-order valence-electron chi connectivity index (χ1n) is 8.72. The van der Waals surface area contributed by atoms with Gasteiger partial charge in [0.1, 0.15) is 0 Å². The van der Waals surface area contributed by atoms with Crippen LogP contribution in [0.2, 0.25) is 0 Å². The highest BCUT2D eigenvalue weighted by atomic mass is 15.1. The molecular weight excluding hydrogens is 242 g/mol. The van der Waals surface area contributed by atoms with Gasteiger partial charge in [0.05, 0.1) is 0 Å². The van der Waals surface area contributed by atoms with Gasteiger partial charge in [-0.1, -0.05) is 36.1 Å². The minimum Gasteiger partial charge on any atom is -0.303 e. The molecule has 1 aliphatic heterocycles. The molecule has 1 heterocycles. The molecule has 0 unspecified atom stereocenters. The van der Waals surface area contributed by atoms with Gasteiger partial charge in [0, 0.05) is 0 Å². The molecule has 1 rings (SSSR count). The van der Waals surface area contributed by atoms with Crippen LogP contribution in [0.5, 0.6) is 0 Å². The Morgan fingerprint density at radius 3 is 2.25 bits per heavy atom. The quantitative estimate of drug-likeness (QED) is 0.405. The lowest BCUT2D eigenvalue weighted by Crippen LogP contribution is -2.25. The van der Waals surface area contributed by atoms with Crippen molar-refractivity contribution in [3.63, 3.8) is 0 Å². The summed E-state index contributed by atoms with van der Waals surface area (Å²) in [4.78, 5) is 2.68. The van der Waals surface area contributed by atoms with Crippen LogP contribution in [0.4, 0.5) is 0 Å². The summed E-state index contributed by atoms with van der Waals surface area (Å²) in [6, 6.07) is 0. The Balaban J connectivity index is 2.05. The van der Waals surface area contributed by atoms with E-state index in [1.54, 1.807) is 5.57 Å². The van der Waals surface area contributed by atoms with Gasteiger partial charge in [0.25, 0.3) is 0 Å². The van der Waals surface area contributed by atoms with Crippen LogP contribution >= 0.6 is 0 Å². The largest absolute Gasteiger partial charge is 0.303 e. The highest BCUT2D eigenvalue weighted by Crippen LogP contribution is 2.13. The van der Waals surface area contributed by atoms with Crippen LogP contribution in [0.3, 0.4) is 0 Å². The lowest BCUT2D eigenvalue weighted by molar-refractivity contribution is 0.279. The number of hydrogen-bond acceptors (Lipinski definition) is 1. The van der Waals surface area contributed by atoms with E-state index in [9.17, 15) is 0 Å². The molecule has 0 atom stereocenters. The molecule has 0 bridgehead atoms. The van der Waals surface area contributed by atoms with Gasteiger partial charge in [-0.05, 0) is 85.4 Å². The lowest BCUT2D eigenvalue weighted by Gasteiger charge is -2.19. The van der Waals surface area contributed by atoms with E-state index in [1.165, 1.54) is 83.0 Å². The predicted molar refractivity (Wildman–Crippen MR) is 91.2 cm³/mol. The summed E-state index contributed by atoms with van der Waals surface area (Å²) in [6.45, 7) is 10.7. The summed E-state index contributed by atoms with van der Waals surface area (Å²) < 4.78 is 0. The molecule has 0 amide bonds. The fourth-order valence-electron chi connectivity index (χ4n) is 2.89. The summed E-state index contributed by atoms with van der Waals surface area (Å²) in [7, 11) is 0. The number of nitrogens with zero attached hydrogens (tertiary/aromatic N) is 1. The molecule has 0 saturated carbocycles. The third-order valence-corrected chi connectivity index (χ3v) is 4.52. The number of hydrogen-bond donors (Lipinski definition) is 0. The van der Waals surface area contributed by atoms with Crippen molar-refractivity contribution in [3.05, 3.63) is 23.3 Å². The summed E-state index contributed by atoms with van der Waals surface area (Å²) in [6.07, 6.45) is 16.9. The van der Waals surface area contributed by atoms with Crippen LogP contribution in [0.15, 0.2) is 23.3 Å². The van der Waals surface area contributed by atoms with Crippen molar-refractivity contribution in [2.24, 2.45) is 0 Å². The molecule has 0 aromatic carbocycles. The molecular formula is C19H35N. The molecule has 0 aliphatic carbocycles. The summed E-state index contributed by atoms with van der Waals surface area (Å²) >= 11 is 0. The molecule has 1 heteroatoms. The van der Waals surface area contributed by atoms with E-state index in [1.807, 2.05) is 0 Å². The maximum Gasteiger partial charge on any atom is -0.00186 e. The van der Waals surface area contributed by atoms with E-state index >= 15 is 0 Å². The second-order valence-corrected chi connectivity index (χ2v) is 6.44. The Labute approximate surface area is 127 Å². The minimum absolute atomic E-state index is 1.22. The van der Waals surface area contributed by atoms with Gasteiger partial charge in [0.15, 0.2) is 0 Å². The van der Waals surface area contributed by atoms with Crippen molar-refractivity contribution in [1.29, 1.82) is 0 Å². The zero-order valence-corrected chi connectivity index (χ0v) is 14.1. The van der Waals surface area contributed by atoms with Crippen molar-refractivity contribution in [3.8, 4) is 0 Å². The van der Waals surface area contributed by atoms with Crippen LogP contribution in [0, 0.1) is 0 Å². The number of rotatable bonds is 8. The van der Waals surface area contributed by atoms with Gasteiger partial charge in [-0.3, -0.25) is 0 Å². The van der Waals surface area contributed by atoms with E-state index in [4.69, 9.17) is 0 Å². The lowest BCUT2D eigenvalue weighted by atomic mass is 10.1. The third-order valence-electron chi connectivity index (χ3n) is 4.52. The maximum absolute atomic E-state index is 2.68. The van der Waals surface area contributed by atoms with Gasteiger partial charge in [-0.15, -0.1) is 0 Å². The third kappa shape index (κ3) is 8.58. The highest BCUT2D eigenvalue weighted by Gasteiger charge is 2.07. The molecule has 1 fully saturated rings. The van der Waals surface area contributed by atoms with Gasteiger partial charge >= 0.3 is 0 Å². The first-order chi connectivity index (χ1) is 9.72. The topological polar surface area (TPSA) is 3.24 Å². The number of unbranched alkanes of at least 4 members (excludes halogenated alkanes) is 1. The highest BCUT2D eigenvalue weighted by molar-refractivity contribution is 5.02. The minimum atomic E-state index is 1.22. The molecule has 20 heavy (non-hydrogen) atoms.